The summed E-state index contributed by atoms with van der Waals surface area (Å²) in [6, 6.07) is 9.16. The molecule has 2 rings (SSSR count). The number of halogens is 2. The first-order valence-electron chi connectivity index (χ1n) is 5.96. The number of carbonyl (C=O) groups is 2. The molecule has 4 nitrogen and oxygen atoms in total. The third kappa shape index (κ3) is 3.22. The minimum atomic E-state index is -1.21. The molecular weight excluding hydrogens is 280 g/mol. The normalized spacial score (nSPS) is 10.0. The van der Waals surface area contributed by atoms with Crippen molar-refractivity contribution in [3.8, 4) is 0 Å². The van der Waals surface area contributed by atoms with Crippen LogP contribution in [-0.4, -0.2) is 19.0 Å². The minimum Gasteiger partial charge on any atom is -0.465 e. The van der Waals surface area contributed by atoms with Crippen LogP contribution in [0.4, 0.5) is 14.5 Å². The quantitative estimate of drug-likeness (QED) is 0.884. The van der Waals surface area contributed by atoms with Gasteiger partial charge in [-0.15, -0.1) is 0 Å². The van der Waals surface area contributed by atoms with Gasteiger partial charge in [0, 0.05) is 5.69 Å². The van der Waals surface area contributed by atoms with E-state index in [9.17, 15) is 18.4 Å². The summed E-state index contributed by atoms with van der Waals surface area (Å²) in [5.74, 6) is -3.59. The lowest BCUT2D eigenvalue weighted by Gasteiger charge is -2.07. The molecule has 0 aliphatic rings. The van der Waals surface area contributed by atoms with Crippen LogP contribution in [-0.2, 0) is 4.74 Å². The molecule has 1 amide bonds. The summed E-state index contributed by atoms with van der Waals surface area (Å²) in [4.78, 5) is 23.1. The first-order chi connectivity index (χ1) is 10.0. The Morgan fingerprint density at radius 3 is 2.33 bits per heavy atom. The highest BCUT2D eigenvalue weighted by Gasteiger charge is 2.15. The fraction of sp³-hybridized carbons (Fsp3) is 0.0667. The van der Waals surface area contributed by atoms with Crippen molar-refractivity contribution in [1.29, 1.82) is 0 Å². The van der Waals surface area contributed by atoms with E-state index in [1.54, 1.807) is 0 Å². The third-order valence-corrected chi connectivity index (χ3v) is 2.76. The van der Waals surface area contributed by atoms with Crippen molar-refractivity contribution in [1.82, 2.24) is 0 Å². The number of benzene rings is 2. The van der Waals surface area contributed by atoms with E-state index in [1.165, 1.54) is 43.5 Å². The number of esters is 1. The van der Waals surface area contributed by atoms with Gasteiger partial charge < -0.3 is 10.1 Å². The number of hydrogen-bond donors (Lipinski definition) is 1. The largest absolute Gasteiger partial charge is 0.465 e. The summed E-state index contributed by atoms with van der Waals surface area (Å²) < 4.78 is 31.1. The summed E-state index contributed by atoms with van der Waals surface area (Å²) in [5.41, 5.74) is 0.260. The molecule has 2 aromatic rings. The van der Waals surface area contributed by atoms with Gasteiger partial charge >= 0.3 is 5.97 Å². The molecule has 0 spiro atoms. The van der Waals surface area contributed by atoms with Crippen LogP contribution in [0, 0.1) is 11.6 Å². The standard InChI is InChI=1S/C15H11F2NO3/c1-21-15(20)9-5-7-10(8-6-9)18-14(19)11-3-2-4-12(16)13(11)17/h2-8H,1H3,(H,18,19). The Kier molecular flexibility index (Phi) is 4.27. The molecule has 0 radical (unpaired) electrons. The Labute approximate surface area is 119 Å². The fourth-order valence-electron chi connectivity index (χ4n) is 1.69. The molecule has 0 saturated carbocycles. The Morgan fingerprint density at radius 1 is 1.05 bits per heavy atom. The zero-order valence-electron chi connectivity index (χ0n) is 11.0. The maximum atomic E-state index is 13.5. The predicted molar refractivity (Wildman–Crippen MR) is 72.1 cm³/mol. The lowest BCUT2D eigenvalue weighted by atomic mass is 10.1. The average molecular weight is 291 g/mol. The van der Waals surface area contributed by atoms with E-state index < -0.39 is 29.1 Å². The summed E-state index contributed by atoms with van der Waals surface area (Å²) in [6.07, 6.45) is 0. The molecule has 6 heteroatoms. The number of carbonyl (C=O) groups excluding carboxylic acids is 2. The Morgan fingerprint density at radius 2 is 1.71 bits per heavy atom. The lowest BCUT2D eigenvalue weighted by Crippen LogP contribution is -2.14. The molecule has 0 bridgehead atoms. The fourth-order valence-corrected chi connectivity index (χ4v) is 1.69. The number of rotatable bonds is 3. The first kappa shape index (κ1) is 14.6. The van der Waals surface area contributed by atoms with E-state index in [4.69, 9.17) is 0 Å². The van der Waals surface area contributed by atoms with Crippen molar-refractivity contribution in [3.05, 3.63) is 65.2 Å². The van der Waals surface area contributed by atoms with Gasteiger partial charge in [-0.3, -0.25) is 4.79 Å². The Bertz CT molecular complexity index is 684. The van der Waals surface area contributed by atoms with Crippen LogP contribution in [0.5, 0.6) is 0 Å². The Hall–Kier alpha value is -2.76. The van der Waals surface area contributed by atoms with Crippen LogP contribution in [0.25, 0.3) is 0 Å². The van der Waals surface area contributed by atoms with Gasteiger partial charge in [-0.25, -0.2) is 13.6 Å². The van der Waals surface area contributed by atoms with Crippen LogP contribution in [0.2, 0.25) is 0 Å². The third-order valence-electron chi connectivity index (χ3n) is 2.76. The van der Waals surface area contributed by atoms with Gasteiger partial charge in [-0.05, 0) is 36.4 Å². The summed E-state index contributed by atoms with van der Waals surface area (Å²) in [7, 11) is 1.25. The van der Waals surface area contributed by atoms with Crippen LogP contribution in [0.3, 0.4) is 0 Å². The highest BCUT2D eigenvalue weighted by Crippen LogP contribution is 2.15. The highest BCUT2D eigenvalue weighted by atomic mass is 19.2. The zero-order valence-corrected chi connectivity index (χ0v) is 11.0. The number of amides is 1. The van der Waals surface area contributed by atoms with Gasteiger partial charge in [0.2, 0.25) is 0 Å². The molecule has 0 heterocycles. The molecule has 0 aliphatic carbocycles. The number of anilines is 1. The zero-order chi connectivity index (χ0) is 15.4. The van der Waals surface area contributed by atoms with Crippen LogP contribution in [0.1, 0.15) is 20.7 Å². The molecule has 21 heavy (non-hydrogen) atoms. The monoisotopic (exact) mass is 291 g/mol. The van der Waals surface area contributed by atoms with E-state index in [0.717, 1.165) is 6.07 Å². The van der Waals surface area contributed by atoms with Gasteiger partial charge in [-0.2, -0.15) is 0 Å². The van der Waals surface area contributed by atoms with Crippen LogP contribution < -0.4 is 5.32 Å². The molecule has 0 aromatic heterocycles. The Balaban J connectivity index is 2.16. The molecular formula is C15H11F2NO3. The number of nitrogens with one attached hydrogen (secondary N) is 1. The average Bonchev–Trinajstić information content (AvgIpc) is 2.50. The molecule has 2 aromatic carbocycles. The molecule has 108 valence electrons. The molecule has 0 aliphatic heterocycles. The van der Waals surface area contributed by atoms with E-state index in [0.29, 0.717) is 11.3 Å². The SMILES string of the molecule is COC(=O)c1ccc(NC(=O)c2cccc(F)c2F)cc1. The second kappa shape index (κ2) is 6.13. The van der Waals surface area contributed by atoms with Crippen molar-refractivity contribution in [2.75, 3.05) is 12.4 Å². The highest BCUT2D eigenvalue weighted by molar-refractivity contribution is 6.04. The second-order valence-corrected chi connectivity index (χ2v) is 4.12. The minimum absolute atomic E-state index is 0.312. The molecule has 0 fully saturated rings. The van der Waals surface area contributed by atoms with Crippen molar-refractivity contribution >= 4 is 17.6 Å². The smallest absolute Gasteiger partial charge is 0.337 e. The van der Waals surface area contributed by atoms with Crippen molar-refractivity contribution < 1.29 is 23.1 Å². The summed E-state index contributed by atoms with van der Waals surface area (Å²) in [6.45, 7) is 0. The van der Waals surface area contributed by atoms with Gasteiger partial charge in [0.15, 0.2) is 11.6 Å². The number of methoxy groups -OCH3 is 1. The molecule has 0 saturated heterocycles. The van der Waals surface area contributed by atoms with E-state index in [-0.39, 0.29) is 0 Å². The van der Waals surface area contributed by atoms with Crippen LogP contribution in [0.15, 0.2) is 42.5 Å². The van der Waals surface area contributed by atoms with E-state index >= 15 is 0 Å². The second-order valence-electron chi connectivity index (χ2n) is 4.12. The molecule has 0 atom stereocenters. The van der Waals surface area contributed by atoms with Gasteiger partial charge in [-0.1, -0.05) is 6.07 Å². The topological polar surface area (TPSA) is 55.4 Å². The predicted octanol–water partition coefficient (Wildman–Crippen LogP) is 3.00. The van der Waals surface area contributed by atoms with Crippen molar-refractivity contribution in [2.45, 2.75) is 0 Å². The number of ether oxygens (including phenoxy) is 1. The summed E-state index contributed by atoms with van der Waals surface area (Å²) >= 11 is 0. The maximum Gasteiger partial charge on any atom is 0.337 e. The lowest BCUT2D eigenvalue weighted by molar-refractivity contribution is 0.0600. The van der Waals surface area contributed by atoms with Crippen LogP contribution >= 0.6 is 0 Å². The summed E-state index contributed by atoms with van der Waals surface area (Å²) in [5, 5.41) is 2.41. The number of hydrogen-bond acceptors (Lipinski definition) is 3. The van der Waals surface area contributed by atoms with Gasteiger partial charge in [0.1, 0.15) is 0 Å². The van der Waals surface area contributed by atoms with E-state index in [1.807, 2.05) is 0 Å². The maximum absolute atomic E-state index is 13.5. The van der Waals surface area contributed by atoms with Gasteiger partial charge in [0.25, 0.3) is 5.91 Å². The van der Waals surface area contributed by atoms with Crippen molar-refractivity contribution in [2.24, 2.45) is 0 Å². The first-order valence-corrected chi connectivity index (χ1v) is 5.96. The molecule has 0 unspecified atom stereocenters. The van der Waals surface area contributed by atoms with Gasteiger partial charge in [0.05, 0.1) is 18.2 Å². The van der Waals surface area contributed by atoms with Crippen molar-refractivity contribution in [3.63, 3.8) is 0 Å². The molecule has 1 N–H and O–H groups in total. The van der Waals surface area contributed by atoms with E-state index in [2.05, 4.69) is 10.1 Å².